The fraction of sp³-hybridized carbons (Fsp3) is 0.545. The Morgan fingerprint density at radius 3 is 3.00 bits per heavy atom. The summed E-state index contributed by atoms with van der Waals surface area (Å²) < 4.78 is 30.3. The van der Waals surface area contributed by atoms with Crippen molar-refractivity contribution in [3.8, 4) is 0 Å². The van der Waals surface area contributed by atoms with Gasteiger partial charge in [0.25, 0.3) is 0 Å². The third-order valence-corrected chi connectivity index (χ3v) is 2.57. The molecule has 1 aromatic rings. The molecule has 1 fully saturated rings. The predicted octanol–water partition coefficient (Wildman–Crippen LogP) is 0.825. The Morgan fingerprint density at radius 1 is 1.61 bits per heavy atom. The molecule has 18 heavy (non-hydrogen) atoms. The molecular weight excluding hydrogens is 244 g/mol. The highest BCUT2D eigenvalue weighted by Crippen LogP contribution is 2.30. The molecule has 1 aliphatic rings. The maximum absolute atomic E-state index is 12.9. The van der Waals surface area contributed by atoms with Crippen LogP contribution in [0.3, 0.4) is 0 Å². The highest BCUT2D eigenvalue weighted by atomic mass is 19.3. The standard InChI is InChI=1S/C11H13F2N3O2/c1-7-15-3-2-8(16-7)5-14-6-9-4-11(12,13)10(17)18-9/h2-3,9,14H,4-6H2,1H3. The van der Waals surface area contributed by atoms with E-state index in [0.29, 0.717) is 12.4 Å². The molecule has 0 saturated carbocycles. The zero-order valence-corrected chi connectivity index (χ0v) is 9.82. The molecule has 1 saturated heterocycles. The summed E-state index contributed by atoms with van der Waals surface area (Å²) in [5, 5.41) is 2.93. The van der Waals surface area contributed by atoms with Crippen LogP contribution in [-0.4, -0.2) is 34.5 Å². The van der Waals surface area contributed by atoms with Crippen molar-refractivity contribution in [3.05, 3.63) is 23.8 Å². The quantitative estimate of drug-likeness (QED) is 0.809. The van der Waals surface area contributed by atoms with Crippen molar-refractivity contribution in [1.29, 1.82) is 0 Å². The van der Waals surface area contributed by atoms with Crippen LogP contribution in [0.5, 0.6) is 0 Å². The van der Waals surface area contributed by atoms with Gasteiger partial charge in [0, 0.05) is 19.3 Å². The lowest BCUT2D eigenvalue weighted by molar-refractivity contribution is -0.159. The number of halogens is 2. The van der Waals surface area contributed by atoms with Crippen LogP contribution in [0, 0.1) is 6.92 Å². The van der Waals surface area contributed by atoms with E-state index in [1.165, 1.54) is 0 Å². The van der Waals surface area contributed by atoms with Gasteiger partial charge in [0.1, 0.15) is 11.9 Å². The Kier molecular flexibility index (Phi) is 3.51. The number of nitrogens with one attached hydrogen (secondary N) is 1. The SMILES string of the molecule is Cc1nccc(CNCC2CC(F)(F)C(=O)O2)n1. The maximum Gasteiger partial charge on any atom is 0.377 e. The first-order valence-corrected chi connectivity index (χ1v) is 5.55. The first-order chi connectivity index (χ1) is 8.47. The van der Waals surface area contributed by atoms with Crippen LogP contribution < -0.4 is 5.32 Å². The highest BCUT2D eigenvalue weighted by molar-refractivity contribution is 5.79. The number of alkyl halides is 2. The third kappa shape index (κ3) is 2.98. The number of aryl methyl sites for hydroxylation is 1. The number of hydrogen-bond donors (Lipinski definition) is 1. The molecule has 1 aliphatic heterocycles. The number of esters is 1. The number of carbonyl (C=O) groups is 1. The first-order valence-electron chi connectivity index (χ1n) is 5.55. The fourth-order valence-corrected chi connectivity index (χ4v) is 1.73. The van der Waals surface area contributed by atoms with Crippen molar-refractivity contribution < 1.29 is 18.3 Å². The van der Waals surface area contributed by atoms with Gasteiger partial charge >= 0.3 is 11.9 Å². The summed E-state index contributed by atoms with van der Waals surface area (Å²) in [5.41, 5.74) is 0.763. The van der Waals surface area contributed by atoms with E-state index in [9.17, 15) is 13.6 Å². The van der Waals surface area contributed by atoms with Crippen molar-refractivity contribution in [3.63, 3.8) is 0 Å². The molecule has 98 valence electrons. The van der Waals surface area contributed by atoms with E-state index >= 15 is 0 Å². The van der Waals surface area contributed by atoms with E-state index < -0.39 is 24.4 Å². The molecule has 1 N–H and O–H groups in total. The Labute approximate surface area is 103 Å². The molecule has 0 aliphatic carbocycles. The van der Waals surface area contributed by atoms with Gasteiger partial charge in [-0.25, -0.2) is 14.8 Å². The topological polar surface area (TPSA) is 64.1 Å². The summed E-state index contributed by atoms with van der Waals surface area (Å²) in [4.78, 5) is 18.9. The van der Waals surface area contributed by atoms with Crippen LogP contribution in [0.2, 0.25) is 0 Å². The van der Waals surface area contributed by atoms with Gasteiger partial charge in [-0.15, -0.1) is 0 Å². The molecule has 1 unspecified atom stereocenters. The molecule has 0 amide bonds. The van der Waals surface area contributed by atoms with Gasteiger partial charge in [0.2, 0.25) is 0 Å². The lowest BCUT2D eigenvalue weighted by Gasteiger charge is -2.09. The predicted molar refractivity (Wildman–Crippen MR) is 57.9 cm³/mol. The van der Waals surface area contributed by atoms with E-state index in [1.807, 2.05) is 0 Å². The monoisotopic (exact) mass is 257 g/mol. The van der Waals surface area contributed by atoms with E-state index in [4.69, 9.17) is 0 Å². The molecule has 7 heteroatoms. The number of carbonyl (C=O) groups excluding carboxylic acids is 1. The Bertz CT molecular complexity index is 454. The average molecular weight is 257 g/mol. The van der Waals surface area contributed by atoms with E-state index in [0.717, 1.165) is 5.69 Å². The second-order valence-corrected chi connectivity index (χ2v) is 4.16. The second-order valence-electron chi connectivity index (χ2n) is 4.16. The Hall–Kier alpha value is -1.63. The van der Waals surface area contributed by atoms with Gasteiger partial charge in [-0.05, 0) is 13.0 Å². The number of nitrogens with zero attached hydrogens (tertiary/aromatic N) is 2. The molecule has 0 radical (unpaired) electrons. The van der Waals surface area contributed by atoms with Crippen molar-refractivity contribution in [2.75, 3.05) is 6.54 Å². The molecule has 2 rings (SSSR count). The largest absolute Gasteiger partial charge is 0.456 e. The first kappa shape index (κ1) is 12.8. The number of cyclic esters (lactones) is 1. The van der Waals surface area contributed by atoms with E-state index in [-0.39, 0.29) is 6.54 Å². The number of aromatic nitrogens is 2. The molecule has 0 aromatic carbocycles. The molecule has 0 bridgehead atoms. The molecular formula is C11H13F2N3O2. The maximum atomic E-state index is 12.9. The fourth-order valence-electron chi connectivity index (χ4n) is 1.73. The normalized spacial score (nSPS) is 21.9. The Morgan fingerprint density at radius 2 is 2.39 bits per heavy atom. The number of rotatable bonds is 4. The van der Waals surface area contributed by atoms with Crippen molar-refractivity contribution in [2.45, 2.75) is 31.9 Å². The lowest BCUT2D eigenvalue weighted by atomic mass is 10.2. The van der Waals surface area contributed by atoms with E-state index in [2.05, 4.69) is 20.0 Å². The molecule has 2 heterocycles. The van der Waals surface area contributed by atoms with Gasteiger partial charge < -0.3 is 10.1 Å². The molecule has 1 aromatic heterocycles. The number of ether oxygens (including phenoxy) is 1. The molecule has 0 spiro atoms. The van der Waals surface area contributed by atoms with Crippen molar-refractivity contribution >= 4 is 5.97 Å². The zero-order valence-electron chi connectivity index (χ0n) is 9.82. The molecule has 1 atom stereocenters. The lowest BCUT2D eigenvalue weighted by Crippen LogP contribution is -2.27. The van der Waals surface area contributed by atoms with Crippen molar-refractivity contribution in [2.24, 2.45) is 0 Å². The van der Waals surface area contributed by atoms with Gasteiger partial charge in [-0.2, -0.15) is 8.78 Å². The summed E-state index contributed by atoms with van der Waals surface area (Å²) in [7, 11) is 0. The minimum atomic E-state index is -3.35. The molecule has 5 nitrogen and oxygen atoms in total. The van der Waals surface area contributed by atoms with Crippen LogP contribution in [0.25, 0.3) is 0 Å². The average Bonchev–Trinajstić information content (AvgIpc) is 2.53. The van der Waals surface area contributed by atoms with Crippen LogP contribution in [-0.2, 0) is 16.1 Å². The summed E-state index contributed by atoms with van der Waals surface area (Å²) >= 11 is 0. The third-order valence-electron chi connectivity index (χ3n) is 2.57. The zero-order chi connectivity index (χ0) is 13.2. The van der Waals surface area contributed by atoms with Gasteiger partial charge in [0.15, 0.2) is 0 Å². The number of hydrogen-bond acceptors (Lipinski definition) is 5. The minimum Gasteiger partial charge on any atom is -0.456 e. The van der Waals surface area contributed by atoms with Crippen LogP contribution in [0.15, 0.2) is 12.3 Å². The summed E-state index contributed by atoms with van der Waals surface area (Å²) in [5.74, 6) is -4.14. The Balaban J connectivity index is 1.78. The van der Waals surface area contributed by atoms with Gasteiger partial charge in [0.05, 0.1) is 12.1 Å². The van der Waals surface area contributed by atoms with Crippen LogP contribution in [0.1, 0.15) is 17.9 Å². The van der Waals surface area contributed by atoms with Gasteiger partial charge in [-0.3, -0.25) is 0 Å². The highest BCUT2D eigenvalue weighted by Gasteiger charge is 2.50. The summed E-state index contributed by atoms with van der Waals surface area (Å²) in [6.07, 6.45) is 0.278. The second kappa shape index (κ2) is 4.93. The summed E-state index contributed by atoms with van der Waals surface area (Å²) in [6, 6.07) is 1.73. The summed E-state index contributed by atoms with van der Waals surface area (Å²) in [6.45, 7) is 2.37. The van der Waals surface area contributed by atoms with Crippen LogP contribution >= 0.6 is 0 Å². The van der Waals surface area contributed by atoms with Gasteiger partial charge in [-0.1, -0.05) is 0 Å². The smallest absolute Gasteiger partial charge is 0.377 e. The van der Waals surface area contributed by atoms with Crippen LogP contribution in [0.4, 0.5) is 8.78 Å². The minimum absolute atomic E-state index is 0.185. The van der Waals surface area contributed by atoms with Crippen molar-refractivity contribution in [1.82, 2.24) is 15.3 Å². The van der Waals surface area contributed by atoms with E-state index in [1.54, 1.807) is 19.2 Å².